The van der Waals surface area contributed by atoms with E-state index in [1.54, 1.807) is 13.4 Å². The Morgan fingerprint density at radius 2 is 2.18 bits per heavy atom. The van der Waals surface area contributed by atoms with E-state index in [0.29, 0.717) is 11.5 Å². The third-order valence-electron chi connectivity index (χ3n) is 6.84. The maximum atomic E-state index is 12.3. The summed E-state index contributed by atoms with van der Waals surface area (Å²) in [6.07, 6.45) is 3.67. The number of nitrogens with zero attached hydrogens (tertiary/aromatic N) is 1. The molecule has 3 aliphatic heterocycles. The molecule has 2 aromatic rings. The molecule has 1 N–H and O–H groups in total. The molecule has 4 heterocycles. The molecule has 0 amide bonds. The van der Waals surface area contributed by atoms with Crippen molar-refractivity contribution in [3.8, 4) is 5.75 Å². The number of rotatable bonds is 2. The standard InChI is InChI=1S/C22H26N2O4/c1-12-17-10-24-7-6-15-14-5-4-13(26-2)8-19(14)23-21(15)20(24)9-16(17)18(11-28-12)22(25)27-3/h4-5,8,11-12,16-17,20,23H,6-7,9-10H2,1-3H3/t12-,16?,17+,20?/m0/s1. The van der Waals surface area contributed by atoms with Crippen LogP contribution in [0.3, 0.4) is 0 Å². The van der Waals surface area contributed by atoms with Crippen LogP contribution in [0, 0.1) is 11.8 Å². The van der Waals surface area contributed by atoms with Gasteiger partial charge in [-0.05, 0) is 37.5 Å². The van der Waals surface area contributed by atoms with Crippen molar-refractivity contribution in [2.45, 2.75) is 31.9 Å². The van der Waals surface area contributed by atoms with Gasteiger partial charge in [-0.3, -0.25) is 4.90 Å². The zero-order valence-corrected chi connectivity index (χ0v) is 16.5. The number of carbonyl (C=O) groups excluding carboxylic acids is 1. The van der Waals surface area contributed by atoms with E-state index in [4.69, 9.17) is 14.2 Å². The number of carbonyl (C=O) groups is 1. The van der Waals surface area contributed by atoms with Gasteiger partial charge in [-0.15, -0.1) is 0 Å². The fourth-order valence-electron chi connectivity index (χ4n) is 5.35. The van der Waals surface area contributed by atoms with Crippen LogP contribution in [0.2, 0.25) is 0 Å². The Kier molecular flexibility index (Phi) is 4.12. The molecule has 1 aromatic carbocycles. The van der Waals surface area contributed by atoms with Gasteiger partial charge in [-0.1, -0.05) is 0 Å². The van der Waals surface area contributed by atoms with Gasteiger partial charge >= 0.3 is 5.97 Å². The lowest BCUT2D eigenvalue weighted by molar-refractivity contribution is -0.139. The first-order valence-electron chi connectivity index (χ1n) is 9.97. The van der Waals surface area contributed by atoms with Crippen molar-refractivity contribution in [1.82, 2.24) is 9.88 Å². The second-order valence-corrected chi connectivity index (χ2v) is 8.10. The summed E-state index contributed by atoms with van der Waals surface area (Å²) in [7, 11) is 3.13. The Bertz CT molecular complexity index is 963. The predicted octanol–water partition coefficient (Wildman–Crippen LogP) is 3.19. The lowest BCUT2D eigenvalue weighted by Gasteiger charge is -2.49. The fraction of sp³-hybridized carbons (Fsp3) is 0.500. The molecule has 6 heteroatoms. The van der Waals surface area contributed by atoms with Gasteiger partial charge < -0.3 is 19.2 Å². The van der Waals surface area contributed by atoms with Crippen LogP contribution in [0.5, 0.6) is 5.75 Å². The number of methoxy groups -OCH3 is 2. The number of aromatic nitrogens is 1. The first-order chi connectivity index (χ1) is 13.6. The highest BCUT2D eigenvalue weighted by Gasteiger charge is 2.46. The zero-order valence-electron chi connectivity index (χ0n) is 16.5. The topological polar surface area (TPSA) is 63.8 Å². The summed E-state index contributed by atoms with van der Waals surface area (Å²) in [4.78, 5) is 18.6. The average Bonchev–Trinajstić information content (AvgIpc) is 3.10. The molecule has 1 fully saturated rings. The lowest BCUT2D eigenvalue weighted by atomic mass is 9.72. The van der Waals surface area contributed by atoms with Gasteiger partial charge in [0.2, 0.25) is 0 Å². The molecule has 0 aliphatic carbocycles. The van der Waals surface area contributed by atoms with Crippen LogP contribution in [-0.4, -0.2) is 49.3 Å². The van der Waals surface area contributed by atoms with E-state index in [2.05, 4.69) is 28.9 Å². The number of aromatic amines is 1. The second kappa shape index (κ2) is 6.55. The summed E-state index contributed by atoms with van der Waals surface area (Å²) in [6, 6.07) is 6.53. The van der Waals surface area contributed by atoms with Crippen LogP contribution in [-0.2, 0) is 20.7 Å². The van der Waals surface area contributed by atoms with Gasteiger partial charge in [0.15, 0.2) is 0 Å². The first-order valence-corrected chi connectivity index (χ1v) is 9.97. The van der Waals surface area contributed by atoms with E-state index in [0.717, 1.165) is 37.2 Å². The summed E-state index contributed by atoms with van der Waals surface area (Å²) in [6.45, 7) is 4.07. The average molecular weight is 382 g/mol. The predicted molar refractivity (Wildman–Crippen MR) is 105 cm³/mol. The minimum Gasteiger partial charge on any atom is -0.497 e. The molecule has 0 spiro atoms. The molecular formula is C22H26N2O4. The van der Waals surface area contributed by atoms with Gasteiger partial charge in [0.25, 0.3) is 0 Å². The number of ether oxygens (including phenoxy) is 3. The molecule has 2 unspecified atom stereocenters. The minimum absolute atomic E-state index is 0.104. The van der Waals surface area contributed by atoms with Crippen LogP contribution in [0.25, 0.3) is 10.9 Å². The molecule has 6 nitrogen and oxygen atoms in total. The number of benzene rings is 1. The van der Waals surface area contributed by atoms with E-state index in [-0.39, 0.29) is 24.0 Å². The van der Waals surface area contributed by atoms with Gasteiger partial charge in [-0.25, -0.2) is 4.79 Å². The fourth-order valence-corrected chi connectivity index (χ4v) is 5.35. The second-order valence-electron chi connectivity index (χ2n) is 8.10. The molecule has 1 saturated heterocycles. The van der Waals surface area contributed by atoms with Crippen LogP contribution >= 0.6 is 0 Å². The molecule has 4 atom stereocenters. The van der Waals surface area contributed by atoms with Gasteiger partial charge in [-0.2, -0.15) is 0 Å². The number of esters is 1. The third kappa shape index (κ3) is 2.54. The maximum Gasteiger partial charge on any atom is 0.337 e. The third-order valence-corrected chi connectivity index (χ3v) is 6.84. The molecule has 0 radical (unpaired) electrons. The first kappa shape index (κ1) is 17.6. The highest BCUT2D eigenvalue weighted by molar-refractivity contribution is 5.89. The van der Waals surface area contributed by atoms with Crippen molar-refractivity contribution in [2.75, 3.05) is 27.3 Å². The SMILES string of the molecule is COC(=O)C1=CO[C@@H](C)[C@H]2CN3CCc4c([nH]c5cc(OC)ccc45)C3CC12. The molecule has 28 heavy (non-hydrogen) atoms. The minimum atomic E-state index is -0.271. The van der Waals surface area contributed by atoms with Crippen molar-refractivity contribution in [1.29, 1.82) is 0 Å². The number of fused-ring (bicyclic) bond motifs is 6. The van der Waals surface area contributed by atoms with E-state index in [9.17, 15) is 4.79 Å². The Labute approximate surface area is 164 Å². The van der Waals surface area contributed by atoms with Crippen LogP contribution in [0.4, 0.5) is 0 Å². The number of nitrogens with one attached hydrogen (secondary N) is 1. The van der Waals surface area contributed by atoms with E-state index in [1.807, 2.05) is 6.07 Å². The Hall–Kier alpha value is -2.47. The normalized spacial score (nSPS) is 29.2. The summed E-state index contributed by atoms with van der Waals surface area (Å²) >= 11 is 0. The van der Waals surface area contributed by atoms with Crippen molar-refractivity contribution < 1.29 is 19.0 Å². The number of hydrogen-bond donors (Lipinski definition) is 1. The summed E-state index contributed by atoms with van der Waals surface area (Å²) in [5, 5.41) is 1.28. The molecule has 0 saturated carbocycles. The highest BCUT2D eigenvalue weighted by Crippen LogP contribution is 2.47. The van der Waals surface area contributed by atoms with Gasteiger partial charge in [0, 0.05) is 47.6 Å². The van der Waals surface area contributed by atoms with Gasteiger partial charge in [0.1, 0.15) is 5.75 Å². The van der Waals surface area contributed by atoms with E-state index >= 15 is 0 Å². The van der Waals surface area contributed by atoms with Crippen LogP contribution < -0.4 is 4.74 Å². The van der Waals surface area contributed by atoms with E-state index in [1.165, 1.54) is 23.8 Å². The van der Waals surface area contributed by atoms with Crippen molar-refractivity contribution in [2.24, 2.45) is 11.8 Å². The van der Waals surface area contributed by atoms with Crippen LogP contribution in [0.15, 0.2) is 30.0 Å². The Morgan fingerprint density at radius 1 is 1.32 bits per heavy atom. The monoisotopic (exact) mass is 382 g/mol. The highest BCUT2D eigenvalue weighted by atomic mass is 16.5. The Balaban J connectivity index is 1.54. The molecule has 0 bridgehead atoms. The summed E-state index contributed by atoms with van der Waals surface area (Å²) < 4.78 is 16.2. The molecule has 1 aromatic heterocycles. The quantitative estimate of drug-likeness (QED) is 0.809. The number of piperidine rings is 1. The summed E-state index contributed by atoms with van der Waals surface area (Å²) in [5.41, 5.74) is 4.49. The van der Waals surface area contributed by atoms with Crippen molar-refractivity contribution >= 4 is 16.9 Å². The number of hydrogen-bond acceptors (Lipinski definition) is 5. The van der Waals surface area contributed by atoms with Crippen LogP contribution in [0.1, 0.15) is 30.6 Å². The zero-order chi connectivity index (χ0) is 19.4. The van der Waals surface area contributed by atoms with Crippen molar-refractivity contribution in [3.05, 3.63) is 41.3 Å². The molecular weight excluding hydrogens is 356 g/mol. The summed E-state index contributed by atoms with van der Waals surface area (Å²) in [5.74, 6) is 1.05. The van der Waals surface area contributed by atoms with Crippen molar-refractivity contribution in [3.63, 3.8) is 0 Å². The largest absolute Gasteiger partial charge is 0.497 e. The maximum absolute atomic E-state index is 12.3. The lowest BCUT2D eigenvalue weighted by Crippen LogP contribution is -2.51. The molecule has 3 aliphatic rings. The molecule has 148 valence electrons. The number of H-pyrrole nitrogens is 1. The van der Waals surface area contributed by atoms with E-state index < -0.39 is 0 Å². The smallest absolute Gasteiger partial charge is 0.337 e. The Morgan fingerprint density at radius 3 is 2.96 bits per heavy atom. The molecule has 5 rings (SSSR count). The van der Waals surface area contributed by atoms with Gasteiger partial charge in [0.05, 0.1) is 38.2 Å².